The van der Waals surface area contributed by atoms with E-state index in [9.17, 15) is 13.2 Å². The second-order valence-corrected chi connectivity index (χ2v) is 7.24. The van der Waals surface area contributed by atoms with E-state index < -0.39 is 9.05 Å². The van der Waals surface area contributed by atoms with Crippen LogP contribution in [0.2, 0.25) is 0 Å². The molecule has 4 nitrogen and oxygen atoms in total. The fourth-order valence-corrected chi connectivity index (χ4v) is 3.03. The Bertz CT molecular complexity index is 563. The molecule has 0 N–H and O–H groups in total. The lowest BCUT2D eigenvalue weighted by Gasteiger charge is -2.20. The molecule has 0 bridgehead atoms. The average Bonchev–Trinajstić information content (AvgIpc) is 2.66. The molecule has 0 saturated carbocycles. The first kappa shape index (κ1) is 14.3. The Morgan fingerprint density at radius 2 is 1.74 bits per heavy atom. The van der Waals surface area contributed by atoms with Gasteiger partial charge in [0.05, 0.1) is 4.90 Å². The van der Waals surface area contributed by atoms with Crippen molar-refractivity contribution in [3.8, 4) is 0 Å². The molecule has 1 aromatic carbocycles. The third-order valence-corrected chi connectivity index (χ3v) is 4.61. The summed E-state index contributed by atoms with van der Waals surface area (Å²) in [5.74, 6) is -0.121. The normalized spacial score (nSPS) is 17.0. The van der Waals surface area contributed by atoms with Gasteiger partial charge in [-0.3, -0.25) is 4.79 Å². The quantitative estimate of drug-likeness (QED) is 0.789. The van der Waals surface area contributed by atoms with Crippen LogP contribution in [-0.2, 0) is 9.05 Å². The minimum absolute atomic E-state index is 0.0326. The number of rotatable bonds is 2. The van der Waals surface area contributed by atoms with Crippen LogP contribution in [0.1, 0.15) is 36.0 Å². The Hall–Kier alpha value is -1.07. The summed E-state index contributed by atoms with van der Waals surface area (Å²) >= 11 is 0. The number of nitrogens with zero attached hydrogens (tertiary/aromatic N) is 1. The molecule has 19 heavy (non-hydrogen) atoms. The van der Waals surface area contributed by atoms with E-state index in [0.717, 1.165) is 38.8 Å². The lowest BCUT2D eigenvalue weighted by atomic mass is 10.2. The molecule has 0 radical (unpaired) electrons. The molecule has 1 aromatic rings. The number of halogens is 1. The SMILES string of the molecule is O=C(c1cccc(S(=O)(=O)Cl)c1)N1CCCCCC1. The maximum Gasteiger partial charge on any atom is 0.261 e. The van der Waals surface area contributed by atoms with E-state index in [2.05, 4.69) is 0 Å². The van der Waals surface area contributed by atoms with Crippen molar-refractivity contribution in [3.63, 3.8) is 0 Å². The van der Waals surface area contributed by atoms with E-state index in [1.165, 1.54) is 12.1 Å². The van der Waals surface area contributed by atoms with E-state index in [1.807, 2.05) is 0 Å². The van der Waals surface area contributed by atoms with Crippen molar-refractivity contribution in [1.82, 2.24) is 4.90 Å². The molecule has 0 spiro atoms. The molecule has 0 aromatic heterocycles. The van der Waals surface area contributed by atoms with Gasteiger partial charge in [0, 0.05) is 29.3 Å². The van der Waals surface area contributed by atoms with Crippen molar-refractivity contribution in [2.24, 2.45) is 0 Å². The van der Waals surface area contributed by atoms with E-state index in [-0.39, 0.29) is 10.8 Å². The topological polar surface area (TPSA) is 54.5 Å². The predicted molar refractivity (Wildman–Crippen MR) is 73.9 cm³/mol. The van der Waals surface area contributed by atoms with Gasteiger partial charge < -0.3 is 4.90 Å². The number of carbonyl (C=O) groups excluding carboxylic acids is 1. The molecular weight excluding hydrogens is 286 g/mol. The molecule has 0 atom stereocenters. The van der Waals surface area contributed by atoms with E-state index in [4.69, 9.17) is 10.7 Å². The number of hydrogen-bond acceptors (Lipinski definition) is 3. The molecule has 1 heterocycles. The van der Waals surface area contributed by atoms with Gasteiger partial charge in [-0.1, -0.05) is 18.9 Å². The Balaban J connectivity index is 2.23. The largest absolute Gasteiger partial charge is 0.339 e. The summed E-state index contributed by atoms with van der Waals surface area (Å²) in [4.78, 5) is 14.1. The fraction of sp³-hybridized carbons (Fsp3) is 0.462. The van der Waals surface area contributed by atoms with Gasteiger partial charge in [0.1, 0.15) is 0 Å². The minimum atomic E-state index is -3.80. The third-order valence-electron chi connectivity index (χ3n) is 3.26. The first-order valence-corrected chi connectivity index (χ1v) is 8.63. The number of carbonyl (C=O) groups is 1. The molecule has 1 amide bonds. The van der Waals surface area contributed by atoms with Gasteiger partial charge in [-0.2, -0.15) is 0 Å². The number of hydrogen-bond donors (Lipinski definition) is 0. The summed E-state index contributed by atoms with van der Waals surface area (Å²) in [5, 5.41) is 0. The van der Waals surface area contributed by atoms with Crippen LogP contribution in [0.3, 0.4) is 0 Å². The van der Waals surface area contributed by atoms with Gasteiger partial charge in [0.2, 0.25) is 0 Å². The predicted octanol–water partition coefficient (Wildman–Crippen LogP) is 2.63. The van der Waals surface area contributed by atoms with Crippen LogP contribution in [0.4, 0.5) is 0 Å². The Labute approximate surface area is 117 Å². The standard InChI is InChI=1S/C13H16ClNO3S/c14-19(17,18)12-7-5-6-11(10-12)13(16)15-8-3-1-2-4-9-15/h5-7,10H,1-4,8-9H2. The van der Waals surface area contributed by atoms with Crippen LogP contribution in [0.25, 0.3) is 0 Å². The van der Waals surface area contributed by atoms with Crippen molar-refractivity contribution in [1.29, 1.82) is 0 Å². The van der Waals surface area contributed by atoms with Gasteiger partial charge in [-0.25, -0.2) is 8.42 Å². The molecule has 0 unspecified atom stereocenters. The molecule has 1 aliphatic rings. The first-order valence-electron chi connectivity index (χ1n) is 6.32. The van der Waals surface area contributed by atoms with Crippen LogP contribution in [-0.4, -0.2) is 32.3 Å². The highest BCUT2D eigenvalue weighted by molar-refractivity contribution is 8.13. The third kappa shape index (κ3) is 3.70. The summed E-state index contributed by atoms with van der Waals surface area (Å²) < 4.78 is 22.6. The average molecular weight is 302 g/mol. The van der Waals surface area contributed by atoms with Crippen LogP contribution in [0.15, 0.2) is 29.2 Å². The molecule has 2 rings (SSSR count). The highest BCUT2D eigenvalue weighted by Crippen LogP contribution is 2.18. The van der Waals surface area contributed by atoms with Crippen molar-refractivity contribution in [2.45, 2.75) is 30.6 Å². The molecular formula is C13H16ClNO3S. The van der Waals surface area contributed by atoms with Crippen LogP contribution < -0.4 is 0 Å². The maximum atomic E-state index is 12.3. The second-order valence-electron chi connectivity index (χ2n) is 4.67. The number of amides is 1. The highest BCUT2D eigenvalue weighted by atomic mass is 35.7. The first-order chi connectivity index (χ1) is 8.98. The lowest BCUT2D eigenvalue weighted by molar-refractivity contribution is 0.0761. The van der Waals surface area contributed by atoms with Gasteiger partial charge >= 0.3 is 0 Å². The van der Waals surface area contributed by atoms with Gasteiger partial charge in [-0.05, 0) is 31.0 Å². The molecule has 6 heteroatoms. The Kier molecular flexibility index (Phi) is 4.47. The smallest absolute Gasteiger partial charge is 0.261 e. The maximum absolute atomic E-state index is 12.3. The zero-order valence-corrected chi connectivity index (χ0v) is 12.1. The Morgan fingerprint density at radius 1 is 1.11 bits per heavy atom. The Morgan fingerprint density at radius 3 is 2.32 bits per heavy atom. The van der Waals surface area contributed by atoms with Crippen molar-refractivity contribution >= 4 is 25.6 Å². The highest BCUT2D eigenvalue weighted by Gasteiger charge is 2.19. The molecule has 104 valence electrons. The van der Waals surface area contributed by atoms with Gasteiger partial charge in [0.15, 0.2) is 0 Å². The zero-order chi connectivity index (χ0) is 13.9. The van der Waals surface area contributed by atoms with Crippen LogP contribution >= 0.6 is 10.7 Å². The summed E-state index contributed by atoms with van der Waals surface area (Å²) in [5.41, 5.74) is 0.378. The number of likely N-dealkylation sites (tertiary alicyclic amines) is 1. The molecule has 0 aliphatic carbocycles. The van der Waals surface area contributed by atoms with E-state index >= 15 is 0 Å². The fourth-order valence-electron chi connectivity index (χ4n) is 2.24. The summed E-state index contributed by atoms with van der Waals surface area (Å²) in [6.07, 6.45) is 4.28. The van der Waals surface area contributed by atoms with Crippen molar-refractivity contribution < 1.29 is 13.2 Å². The van der Waals surface area contributed by atoms with Gasteiger partial charge in [0.25, 0.3) is 15.0 Å². The summed E-state index contributed by atoms with van der Waals surface area (Å²) in [6, 6.07) is 5.90. The zero-order valence-electron chi connectivity index (χ0n) is 10.5. The molecule has 1 aliphatic heterocycles. The minimum Gasteiger partial charge on any atom is -0.339 e. The second kappa shape index (κ2) is 5.92. The van der Waals surface area contributed by atoms with Crippen LogP contribution in [0.5, 0.6) is 0 Å². The van der Waals surface area contributed by atoms with Crippen LogP contribution in [0, 0.1) is 0 Å². The van der Waals surface area contributed by atoms with E-state index in [0.29, 0.717) is 5.56 Å². The number of benzene rings is 1. The lowest BCUT2D eigenvalue weighted by Crippen LogP contribution is -2.31. The summed E-state index contributed by atoms with van der Waals surface area (Å²) in [7, 11) is 1.50. The molecule has 1 saturated heterocycles. The summed E-state index contributed by atoms with van der Waals surface area (Å²) in [6.45, 7) is 1.47. The van der Waals surface area contributed by atoms with Gasteiger partial charge in [-0.15, -0.1) is 0 Å². The monoisotopic (exact) mass is 301 g/mol. The van der Waals surface area contributed by atoms with E-state index in [1.54, 1.807) is 17.0 Å². The van der Waals surface area contributed by atoms with Crippen molar-refractivity contribution in [2.75, 3.05) is 13.1 Å². The molecule has 1 fully saturated rings. The van der Waals surface area contributed by atoms with Crippen molar-refractivity contribution in [3.05, 3.63) is 29.8 Å².